The topological polar surface area (TPSA) is 53.1 Å². The van der Waals surface area contributed by atoms with Crippen LogP contribution in [-0.2, 0) is 24.4 Å². The molecule has 0 saturated carbocycles. The predicted molar refractivity (Wildman–Crippen MR) is 73.2 cm³/mol. The molecular weight excluding hydrogens is 226 g/mol. The molecule has 0 aliphatic rings. The molecule has 0 radical (unpaired) electrons. The van der Waals surface area contributed by atoms with E-state index in [4.69, 9.17) is 10.5 Å². The highest BCUT2D eigenvalue weighted by Gasteiger charge is 2.10. The standard InChI is InChI=1S/C14H21N3O/c1-4-17-13-6-5-11(8-15)7-12(13)16-14(17)9-18-10(2)3/h5-7,10H,4,8-9,15H2,1-3H3. The molecule has 0 unspecified atom stereocenters. The van der Waals surface area contributed by atoms with Gasteiger partial charge < -0.3 is 15.0 Å². The van der Waals surface area contributed by atoms with E-state index in [9.17, 15) is 0 Å². The van der Waals surface area contributed by atoms with Crippen molar-refractivity contribution in [3.05, 3.63) is 29.6 Å². The van der Waals surface area contributed by atoms with Crippen molar-refractivity contribution in [2.45, 2.75) is 46.6 Å². The average molecular weight is 247 g/mol. The summed E-state index contributed by atoms with van der Waals surface area (Å²) < 4.78 is 7.84. The quantitative estimate of drug-likeness (QED) is 0.883. The molecule has 98 valence electrons. The summed E-state index contributed by atoms with van der Waals surface area (Å²) >= 11 is 0. The molecule has 2 N–H and O–H groups in total. The van der Waals surface area contributed by atoms with Crippen molar-refractivity contribution in [1.82, 2.24) is 9.55 Å². The number of ether oxygens (including phenoxy) is 1. The minimum Gasteiger partial charge on any atom is -0.371 e. The number of imidazole rings is 1. The Kier molecular flexibility index (Phi) is 3.99. The van der Waals surface area contributed by atoms with Gasteiger partial charge in [-0.2, -0.15) is 0 Å². The van der Waals surface area contributed by atoms with E-state index in [0.717, 1.165) is 29.0 Å². The van der Waals surface area contributed by atoms with E-state index in [2.05, 4.69) is 34.7 Å². The number of nitrogens with zero attached hydrogens (tertiary/aromatic N) is 2. The summed E-state index contributed by atoms with van der Waals surface area (Å²) in [7, 11) is 0. The van der Waals surface area contributed by atoms with Crippen LogP contribution in [0.3, 0.4) is 0 Å². The van der Waals surface area contributed by atoms with Gasteiger partial charge in [0.1, 0.15) is 12.4 Å². The number of fused-ring (bicyclic) bond motifs is 1. The van der Waals surface area contributed by atoms with Crippen molar-refractivity contribution in [2.24, 2.45) is 5.73 Å². The maximum Gasteiger partial charge on any atom is 0.135 e. The lowest BCUT2D eigenvalue weighted by Crippen LogP contribution is -2.08. The number of benzene rings is 1. The number of hydrogen-bond donors (Lipinski definition) is 1. The van der Waals surface area contributed by atoms with Gasteiger partial charge in [-0.05, 0) is 38.5 Å². The Morgan fingerprint density at radius 1 is 1.39 bits per heavy atom. The Morgan fingerprint density at radius 3 is 2.78 bits per heavy atom. The second-order valence-electron chi connectivity index (χ2n) is 4.66. The third-order valence-electron chi connectivity index (χ3n) is 2.99. The van der Waals surface area contributed by atoms with Gasteiger partial charge in [-0.25, -0.2) is 4.98 Å². The SMILES string of the molecule is CCn1c(COC(C)C)nc2cc(CN)ccc21. The smallest absolute Gasteiger partial charge is 0.135 e. The van der Waals surface area contributed by atoms with E-state index in [0.29, 0.717) is 13.2 Å². The Balaban J connectivity index is 2.40. The molecule has 2 aromatic rings. The van der Waals surface area contributed by atoms with Gasteiger partial charge in [0.15, 0.2) is 0 Å². The third kappa shape index (κ3) is 2.54. The van der Waals surface area contributed by atoms with Crippen LogP contribution in [0.15, 0.2) is 18.2 Å². The lowest BCUT2D eigenvalue weighted by atomic mass is 10.2. The fourth-order valence-electron chi connectivity index (χ4n) is 2.06. The van der Waals surface area contributed by atoms with Crippen LogP contribution in [0.5, 0.6) is 0 Å². The van der Waals surface area contributed by atoms with Crippen LogP contribution in [-0.4, -0.2) is 15.7 Å². The maximum absolute atomic E-state index is 5.66. The first-order valence-corrected chi connectivity index (χ1v) is 6.45. The average Bonchev–Trinajstić information content (AvgIpc) is 2.72. The van der Waals surface area contributed by atoms with Gasteiger partial charge in [0.2, 0.25) is 0 Å². The number of hydrogen-bond acceptors (Lipinski definition) is 3. The fourth-order valence-corrected chi connectivity index (χ4v) is 2.06. The first kappa shape index (κ1) is 13.1. The first-order chi connectivity index (χ1) is 8.65. The molecular formula is C14H21N3O. The van der Waals surface area contributed by atoms with Crippen LogP contribution in [0.4, 0.5) is 0 Å². The van der Waals surface area contributed by atoms with Crippen LogP contribution in [0, 0.1) is 0 Å². The Bertz CT molecular complexity index is 531. The van der Waals surface area contributed by atoms with Crippen molar-refractivity contribution in [3.8, 4) is 0 Å². The molecule has 0 saturated heterocycles. The summed E-state index contributed by atoms with van der Waals surface area (Å²) in [6.07, 6.45) is 0.217. The van der Waals surface area contributed by atoms with Crippen LogP contribution in [0.1, 0.15) is 32.2 Å². The highest BCUT2D eigenvalue weighted by molar-refractivity contribution is 5.76. The molecule has 18 heavy (non-hydrogen) atoms. The Labute approximate surface area is 108 Å². The van der Waals surface area contributed by atoms with Crippen LogP contribution < -0.4 is 5.73 Å². The van der Waals surface area contributed by atoms with E-state index in [-0.39, 0.29) is 6.10 Å². The summed E-state index contributed by atoms with van der Waals surface area (Å²) in [5, 5.41) is 0. The maximum atomic E-state index is 5.66. The number of nitrogens with two attached hydrogens (primary N) is 1. The lowest BCUT2D eigenvalue weighted by Gasteiger charge is -2.09. The van der Waals surface area contributed by atoms with E-state index in [1.54, 1.807) is 0 Å². The summed E-state index contributed by atoms with van der Waals surface area (Å²) in [5.74, 6) is 0.982. The van der Waals surface area contributed by atoms with E-state index in [1.807, 2.05) is 13.8 Å². The molecule has 0 aliphatic carbocycles. The van der Waals surface area contributed by atoms with Gasteiger partial charge in [0, 0.05) is 13.1 Å². The minimum atomic E-state index is 0.217. The van der Waals surface area contributed by atoms with Gasteiger partial charge in [0.25, 0.3) is 0 Å². The van der Waals surface area contributed by atoms with E-state index >= 15 is 0 Å². The zero-order chi connectivity index (χ0) is 13.1. The molecule has 1 aromatic heterocycles. The Morgan fingerprint density at radius 2 is 2.17 bits per heavy atom. The van der Waals surface area contributed by atoms with Gasteiger partial charge >= 0.3 is 0 Å². The number of rotatable bonds is 5. The molecule has 1 aromatic carbocycles. The Hall–Kier alpha value is -1.39. The third-order valence-corrected chi connectivity index (χ3v) is 2.99. The number of aromatic nitrogens is 2. The fraction of sp³-hybridized carbons (Fsp3) is 0.500. The molecule has 0 bridgehead atoms. The van der Waals surface area contributed by atoms with Crippen molar-refractivity contribution in [1.29, 1.82) is 0 Å². The molecule has 0 atom stereocenters. The van der Waals surface area contributed by atoms with Gasteiger partial charge in [-0.15, -0.1) is 0 Å². The lowest BCUT2D eigenvalue weighted by molar-refractivity contribution is 0.0598. The zero-order valence-electron chi connectivity index (χ0n) is 11.3. The summed E-state index contributed by atoms with van der Waals surface area (Å²) in [6, 6.07) is 6.20. The molecule has 4 nitrogen and oxygen atoms in total. The normalized spacial score (nSPS) is 11.6. The molecule has 4 heteroatoms. The minimum absolute atomic E-state index is 0.217. The second kappa shape index (κ2) is 5.50. The van der Waals surface area contributed by atoms with Crippen molar-refractivity contribution in [2.75, 3.05) is 0 Å². The first-order valence-electron chi connectivity index (χ1n) is 6.45. The summed E-state index contributed by atoms with van der Waals surface area (Å²) in [5.41, 5.74) is 8.92. The molecule has 0 aliphatic heterocycles. The van der Waals surface area contributed by atoms with Crippen molar-refractivity contribution >= 4 is 11.0 Å². The van der Waals surface area contributed by atoms with E-state index < -0.39 is 0 Å². The summed E-state index contributed by atoms with van der Waals surface area (Å²) in [6.45, 7) is 8.19. The highest BCUT2D eigenvalue weighted by Crippen LogP contribution is 2.18. The monoisotopic (exact) mass is 247 g/mol. The molecule has 0 amide bonds. The number of aryl methyl sites for hydroxylation is 1. The van der Waals surface area contributed by atoms with Gasteiger partial charge in [-0.3, -0.25) is 0 Å². The predicted octanol–water partition coefficient (Wildman–Crippen LogP) is 2.44. The largest absolute Gasteiger partial charge is 0.371 e. The van der Waals surface area contributed by atoms with Gasteiger partial charge in [-0.1, -0.05) is 6.07 Å². The molecule has 1 heterocycles. The van der Waals surface area contributed by atoms with Gasteiger partial charge in [0.05, 0.1) is 17.1 Å². The zero-order valence-corrected chi connectivity index (χ0v) is 11.3. The van der Waals surface area contributed by atoms with Crippen LogP contribution >= 0.6 is 0 Å². The second-order valence-corrected chi connectivity index (χ2v) is 4.66. The van der Waals surface area contributed by atoms with Crippen LogP contribution in [0.2, 0.25) is 0 Å². The molecule has 0 fully saturated rings. The molecule has 2 rings (SSSR count). The molecule has 0 spiro atoms. The summed E-state index contributed by atoms with van der Waals surface area (Å²) in [4.78, 5) is 4.65. The highest BCUT2D eigenvalue weighted by atomic mass is 16.5. The van der Waals surface area contributed by atoms with E-state index in [1.165, 1.54) is 0 Å². The van der Waals surface area contributed by atoms with Crippen molar-refractivity contribution < 1.29 is 4.74 Å². The van der Waals surface area contributed by atoms with Crippen LogP contribution in [0.25, 0.3) is 11.0 Å². The van der Waals surface area contributed by atoms with Crippen molar-refractivity contribution in [3.63, 3.8) is 0 Å².